The molecular formula is C25H35N3O5. The van der Waals surface area contributed by atoms with Crippen molar-refractivity contribution in [1.82, 2.24) is 15.1 Å². The van der Waals surface area contributed by atoms with Crippen molar-refractivity contribution < 1.29 is 23.7 Å². The lowest BCUT2D eigenvalue weighted by atomic mass is 10.1. The van der Waals surface area contributed by atoms with E-state index >= 15 is 0 Å². The summed E-state index contributed by atoms with van der Waals surface area (Å²) in [4.78, 5) is 17.3. The lowest BCUT2D eigenvalue weighted by molar-refractivity contribution is -0.123. The van der Waals surface area contributed by atoms with Crippen LogP contribution in [0, 0.1) is 0 Å². The molecule has 3 rings (SSSR count). The Morgan fingerprint density at radius 2 is 1.42 bits per heavy atom. The lowest BCUT2D eigenvalue weighted by Gasteiger charge is -2.34. The van der Waals surface area contributed by atoms with Gasteiger partial charge in [0, 0.05) is 43.9 Å². The fourth-order valence-corrected chi connectivity index (χ4v) is 4.10. The van der Waals surface area contributed by atoms with Crippen molar-refractivity contribution >= 4 is 5.91 Å². The van der Waals surface area contributed by atoms with Crippen LogP contribution >= 0.6 is 0 Å². The van der Waals surface area contributed by atoms with E-state index in [1.807, 2.05) is 43.3 Å². The number of carbonyl (C=O) groups excluding carboxylic acids is 1. The third kappa shape index (κ3) is 6.52. The molecule has 1 heterocycles. The second-order valence-corrected chi connectivity index (χ2v) is 8.13. The number of hydrogen-bond acceptors (Lipinski definition) is 7. The van der Waals surface area contributed by atoms with E-state index in [-0.39, 0.29) is 11.9 Å². The lowest BCUT2D eigenvalue weighted by Crippen LogP contribution is -2.49. The van der Waals surface area contributed by atoms with Crippen molar-refractivity contribution in [3.63, 3.8) is 0 Å². The molecule has 1 unspecified atom stereocenters. The van der Waals surface area contributed by atoms with Crippen LogP contribution in [0.25, 0.3) is 0 Å². The first-order valence-electron chi connectivity index (χ1n) is 11.1. The summed E-state index contributed by atoms with van der Waals surface area (Å²) in [6.07, 6.45) is 0. The zero-order valence-corrected chi connectivity index (χ0v) is 20.2. The molecule has 1 saturated heterocycles. The van der Waals surface area contributed by atoms with E-state index in [9.17, 15) is 4.79 Å². The van der Waals surface area contributed by atoms with Gasteiger partial charge in [0.2, 0.25) is 5.91 Å². The fraction of sp³-hybridized carbons (Fsp3) is 0.480. The van der Waals surface area contributed by atoms with Crippen LogP contribution in [0.5, 0.6) is 23.0 Å². The van der Waals surface area contributed by atoms with Gasteiger partial charge < -0.3 is 24.3 Å². The molecule has 0 aliphatic carbocycles. The molecule has 1 N–H and O–H groups in total. The first-order valence-corrected chi connectivity index (χ1v) is 11.1. The minimum atomic E-state index is -0.190. The molecule has 0 bridgehead atoms. The van der Waals surface area contributed by atoms with Gasteiger partial charge in [0.05, 0.1) is 41.0 Å². The molecule has 2 aromatic rings. The number of amides is 1. The first kappa shape index (κ1) is 24.7. The van der Waals surface area contributed by atoms with E-state index in [0.29, 0.717) is 6.54 Å². The topological polar surface area (TPSA) is 72.5 Å². The van der Waals surface area contributed by atoms with Crippen LogP contribution in [-0.2, 0) is 11.3 Å². The minimum absolute atomic E-state index is 0.00436. The van der Waals surface area contributed by atoms with Crippen LogP contribution in [0.3, 0.4) is 0 Å². The summed E-state index contributed by atoms with van der Waals surface area (Å²) >= 11 is 0. The van der Waals surface area contributed by atoms with Crippen molar-refractivity contribution in [1.29, 1.82) is 0 Å². The Balaban J connectivity index is 1.51. The molecule has 1 amide bonds. The molecule has 1 aliphatic heterocycles. The molecule has 33 heavy (non-hydrogen) atoms. The first-order chi connectivity index (χ1) is 16.0. The summed E-state index contributed by atoms with van der Waals surface area (Å²) in [5.41, 5.74) is 1.99. The van der Waals surface area contributed by atoms with E-state index in [4.69, 9.17) is 18.9 Å². The van der Waals surface area contributed by atoms with Gasteiger partial charge in [-0.3, -0.25) is 14.6 Å². The van der Waals surface area contributed by atoms with E-state index in [1.54, 1.807) is 28.4 Å². The van der Waals surface area contributed by atoms with Crippen LogP contribution in [0.1, 0.15) is 24.1 Å². The summed E-state index contributed by atoms with van der Waals surface area (Å²) in [7, 11) is 6.60. The number of hydrogen-bond donors (Lipinski definition) is 1. The van der Waals surface area contributed by atoms with Gasteiger partial charge in [-0.1, -0.05) is 0 Å². The molecule has 8 nitrogen and oxygen atoms in total. The highest BCUT2D eigenvalue weighted by molar-refractivity contribution is 5.78. The standard InChI is InChI=1S/C25H35N3O5/c1-18(22-15-21(31-3)7-9-24(22)33-5)26-25(29)17-28-12-10-27(11-13-28)16-19-14-20(30-2)6-8-23(19)32-4/h6-9,14-15,18H,10-13,16-17H2,1-5H3,(H,26,29). The number of nitrogens with zero attached hydrogens (tertiary/aromatic N) is 2. The number of nitrogens with one attached hydrogen (secondary N) is 1. The third-order valence-corrected chi connectivity index (χ3v) is 5.99. The summed E-state index contributed by atoms with van der Waals surface area (Å²) < 4.78 is 21.6. The van der Waals surface area contributed by atoms with E-state index < -0.39 is 0 Å². The van der Waals surface area contributed by atoms with Crippen LogP contribution in [-0.4, -0.2) is 76.9 Å². The van der Waals surface area contributed by atoms with Crippen LogP contribution in [0.2, 0.25) is 0 Å². The van der Waals surface area contributed by atoms with Gasteiger partial charge in [0.25, 0.3) is 0 Å². The third-order valence-electron chi connectivity index (χ3n) is 5.99. The van der Waals surface area contributed by atoms with Gasteiger partial charge in [0.1, 0.15) is 23.0 Å². The molecule has 1 atom stereocenters. The van der Waals surface area contributed by atoms with Gasteiger partial charge in [-0.05, 0) is 43.3 Å². The maximum absolute atomic E-state index is 12.7. The monoisotopic (exact) mass is 457 g/mol. The highest BCUT2D eigenvalue weighted by atomic mass is 16.5. The quantitative estimate of drug-likeness (QED) is 0.588. The van der Waals surface area contributed by atoms with Gasteiger partial charge in [-0.2, -0.15) is 0 Å². The smallest absolute Gasteiger partial charge is 0.234 e. The Bertz CT molecular complexity index is 928. The Morgan fingerprint density at radius 1 is 0.848 bits per heavy atom. The molecular weight excluding hydrogens is 422 g/mol. The second-order valence-electron chi connectivity index (χ2n) is 8.13. The van der Waals surface area contributed by atoms with Gasteiger partial charge in [0.15, 0.2) is 0 Å². The summed E-state index contributed by atoms with van der Waals surface area (Å²) in [6, 6.07) is 11.3. The van der Waals surface area contributed by atoms with Crippen molar-refractivity contribution in [2.24, 2.45) is 0 Å². The van der Waals surface area contributed by atoms with Crippen molar-refractivity contribution in [3.05, 3.63) is 47.5 Å². The average molecular weight is 458 g/mol. The molecule has 1 fully saturated rings. The molecule has 2 aromatic carbocycles. The minimum Gasteiger partial charge on any atom is -0.497 e. The number of carbonyl (C=O) groups is 1. The Hall–Kier alpha value is -2.97. The summed E-state index contributed by atoms with van der Waals surface area (Å²) in [6.45, 7) is 6.53. The normalized spacial score (nSPS) is 15.5. The molecule has 1 aliphatic rings. The van der Waals surface area contributed by atoms with Crippen LogP contribution < -0.4 is 24.3 Å². The molecule has 8 heteroatoms. The van der Waals surface area contributed by atoms with E-state index in [0.717, 1.165) is 66.8 Å². The van der Waals surface area contributed by atoms with Crippen LogP contribution in [0.4, 0.5) is 0 Å². The van der Waals surface area contributed by atoms with Crippen molar-refractivity contribution in [2.45, 2.75) is 19.5 Å². The largest absolute Gasteiger partial charge is 0.497 e. The molecule has 0 saturated carbocycles. The maximum Gasteiger partial charge on any atom is 0.234 e. The molecule has 0 spiro atoms. The Kier molecular flexibility index (Phi) is 8.79. The Labute approximate surface area is 196 Å². The average Bonchev–Trinajstić information content (AvgIpc) is 2.84. The number of rotatable bonds is 10. The number of benzene rings is 2. The predicted molar refractivity (Wildman–Crippen MR) is 127 cm³/mol. The Morgan fingerprint density at radius 3 is 2.03 bits per heavy atom. The zero-order chi connectivity index (χ0) is 23.8. The van der Waals surface area contributed by atoms with Crippen LogP contribution in [0.15, 0.2) is 36.4 Å². The second kappa shape index (κ2) is 11.8. The number of ether oxygens (including phenoxy) is 4. The zero-order valence-electron chi connectivity index (χ0n) is 20.2. The SMILES string of the molecule is COc1ccc(OC)c(CN2CCN(CC(=O)NC(C)c3cc(OC)ccc3OC)CC2)c1. The molecule has 180 valence electrons. The maximum atomic E-state index is 12.7. The van der Waals surface area contributed by atoms with Gasteiger partial charge >= 0.3 is 0 Å². The van der Waals surface area contributed by atoms with Gasteiger partial charge in [-0.25, -0.2) is 0 Å². The highest BCUT2D eigenvalue weighted by Gasteiger charge is 2.22. The molecule has 0 aromatic heterocycles. The number of methoxy groups -OCH3 is 4. The summed E-state index contributed by atoms with van der Waals surface area (Å²) in [5.74, 6) is 3.14. The van der Waals surface area contributed by atoms with E-state index in [1.165, 1.54) is 0 Å². The van der Waals surface area contributed by atoms with Crippen molar-refractivity contribution in [3.8, 4) is 23.0 Å². The van der Waals surface area contributed by atoms with Gasteiger partial charge in [-0.15, -0.1) is 0 Å². The van der Waals surface area contributed by atoms with E-state index in [2.05, 4.69) is 15.1 Å². The highest BCUT2D eigenvalue weighted by Crippen LogP contribution is 2.29. The summed E-state index contributed by atoms with van der Waals surface area (Å²) in [5, 5.41) is 3.09. The fourth-order valence-electron chi connectivity index (χ4n) is 4.10. The number of piperazine rings is 1. The van der Waals surface area contributed by atoms with Crippen molar-refractivity contribution in [2.75, 3.05) is 61.2 Å². The molecule has 0 radical (unpaired) electrons. The predicted octanol–water partition coefficient (Wildman–Crippen LogP) is 2.72.